The molecule has 0 radical (unpaired) electrons. The van der Waals surface area contributed by atoms with Crippen molar-refractivity contribution in [1.29, 1.82) is 0 Å². The Morgan fingerprint density at radius 3 is 2.18 bits per heavy atom. The topological polar surface area (TPSA) is 38.3 Å². The van der Waals surface area contributed by atoms with E-state index in [0.29, 0.717) is 5.75 Å². The molecule has 0 fully saturated rings. The molecule has 0 saturated heterocycles. The van der Waals surface area contributed by atoms with E-state index in [1.807, 2.05) is 13.0 Å². The summed E-state index contributed by atoms with van der Waals surface area (Å²) in [6.07, 6.45) is 16.1. The van der Waals surface area contributed by atoms with Gasteiger partial charge in [-0.05, 0) is 123 Å². The van der Waals surface area contributed by atoms with Crippen molar-refractivity contribution in [2.75, 3.05) is 5.32 Å². The number of esters is 1. The minimum atomic E-state index is -0.261. The number of rotatable bonds is 10. The smallest absolute Gasteiger partial charge is 0.308 e. The van der Waals surface area contributed by atoms with Gasteiger partial charge >= 0.3 is 5.97 Å². The van der Waals surface area contributed by atoms with Crippen LogP contribution in [-0.4, -0.2) is 11.5 Å². The van der Waals surface area contributed by atoms with Crippen LogP contribution in [0.2, 0.25) is 0 Å². The number of anilines is 1. The molecule has 2 rings (SSSR count). The van der Waals surface area contributed by atoms with Crippen molar-refractivity contribution in [2.45, 2.75) is 112 Å². The second-order valence-electron chi connectivity index (χ2n) is 10.4. The summed E-state index contributed by atoms with van der Waals surface area (Å²) in [7, 11) is 0. The Morgan fingerprint density at radius 2 is 1.58 bits per heavy atom. The Labute approximate surface area is 202 Å². The second kappa shape index (κ2) is 12.3. The van der Waals surface area contributed by atoms with Gasteiger partial charge in [0.1, 0.15) is 5.75 Å². The molecule has 0 aromatic heterocycles. The van der Waals surface area contributed by atoms with Crippen LogP contribution in [0.3, 0.4) is 0 Å². The average molecular weight is 452 g/mol. The number of hydrogen-bond acceptors (Lipinski definition) is 3. The zero-order valence-electron chi connectivity index (χ0n) is 22.3. The first kappa shape index (κ1) is 27.0. The van der Waals surface area contributed by atoms with Crippen LogP contribution in [0.15, 0.2) is 41.0 Å². The molecule has 182 valence electrons. The highest BCUT2D eigenvalue weighted by atomic mass is 16.5. The molecule has 33 heavy (non-hydrogen) atoms. The average Bonchev–Trinajstić information content (AvgIpc) is 2.72. The summed E-state index contributed by atoms with van der Waals surface area (Å²) in [6.45, 7) is 16.8. The standard InChI is InChI=1S/C30H45NO2/c1-21(2)12-9-13-22(3)14-10-15-23(4)16-11-18-30(8)19-17-27-20-28(33-26(7)32)24(5)25(6)29(27)31-30/h12,14,16,20,31H,9-11,13,15,17-19H2,1-8H3/b22-14+,23-16+/t30-/m1/s1. The molecule has 0 bridgehead atoms. The molecular weight excluding hydrogens is 406 g/mol. The molecule has 1 aliphatic heterocycles. The Bertz CT molecular complexity index is 931. The van der Waals surface area contributed by atoms with E-state index in [1.54, 1.807) is 0 Å². The normalized spacial score (nSPS) is 18.4. The van der Waals surface area contributed by atoms with Crippen LogP contribution in [0.5, 0.6) is 5.75 Å². The molecule has 1 atom stereocenters. The number of fused-ring (bicyclic) bond motifs is 1. The molecule has 0 saturated carbocycles. The fourth-order valence-electron chi connectivity index (χ4n) is 4.52. The quantitative estimate of drug-likeness (QED) is 0.220. The maximum absolute atomic E-state index is 11.4. The molecule has 1 aromatic carbocycles. The van der Waals surface area contributed by atoms with Crippen molar-refractivity contribution in [2.24, 2.45) is 0 Å². The van der Waals surface area contributed by atoms with Crippen molar-refractivity contribution in [3.05, 3.63) is 57.7 Å². The fraction of sp³-hybridized carbons (Fsp3) is 0.567. The number of allylic oxidation sites excluding steroid dienone is 6. The van der Waals surface area contributed by atoms with Crippen molar-refractivity contribution < 1.29 is 9.53 Å². The summed E-state index contributed by atoms with van der Waals surface area (Å²) in [5, 5.41) is 3.84. The maximum Gasteiger partial charge on any atom is 0.308 e. The fourth-order valence-corrected chi connectivity index (χ4v) is 4.52. The highest BCUT2D eigenvalue weighted by Gasteiger charge is 2.30. The number of aryl methyl sites for hydroxylation is 1. The summed E-state index contributed by atoms with van der Waals surface area (Å²) < 4.78 is 5.43. The minimum Gasteiger partial charge on any atom is -0.426 e. The lowest BCUT2D eigenvalue weighted by Crippen LogP contribution is -2.39. The van der Waals surface area contributed by atoms with E-state index in [4.69, 9.17) is 4.74 Å². The van der Waals surface area contributed by atoms with Crippen molar-refractivity contribution in [3.63, 3.8) is 0 Å². The van der Waals surface area contributed by atoms with Crippen LogP contribution in [-0.2, 0) is 11.2 Å². The molecule has 1 heterocycles. The largest absolute Gasteiger partial charge is 0.426 e. The van der Waals surface area contributed by atoms with Gasteiger partial charge in [-0.2, -0.15) is 0 Å². The lowest BCUT2D eigenvalue weighted by atomic mass is 9.82. The molecule has 0 unspecified atom stereocenters. The van der Waals surface area contributed by atoms with Gasteiger partial charge in [-0.25, -0.2) is 0 Å². The zero-order valence-corrected chi connectivity index (χ0v) is 22.3. The molecule has 3 heteroatoms. The van der Waals surface area contributed by atoms with Gasteiger partial charge in [-0.15, -0.1) is 0 Å². The third-order valence-electron chi connectivity index (χ3n) is 6.87. The highest BCUT2D eigenvalue weighted by Crippen LogP contribution is 2.40. The molecule has 0 amide bonds. The van der Waals surface area contributed by atoms with Gasteiger partial charge in [0.05, 0.1) is 0 Å². The molecular formula is C30H45NO2. The van der Waals surface area contributed by atoms with E-state index in [1.165, 1.54) is 46.9 Å². The van der Waals surface area contributed by atoms with Gasteiger partial charge in [0.25, 0.3) is 0 Å². The molecule has 3 nitrogen and oxygen atoms in total. The van der Waals surface area contributed by atoms with E-state index >= 15 is 0 Å². The first-order chi connectivity index (χ1) is 15.5. The zero-order chi connectivity index (χ0) is 24.6. The van der Waals surface area contributed by atoms with E-state index in [-0.39, 0.29) is 11.5 Å². The van der Waals surface area contributed by atoms with Crippen molar-refractivity contribution in [1.82, 2.24) is 0 Å². The third-order valence-corrected chi connectivity index (χ3v) is 6.87. The predicted octanol–water partition coefficient (Wildman–Crippen LogP) is 8.54. The minimum absolute atomic E-state index is 0.0886. The monoisotopic (exact) mass is 451 g/mol. The van der Waals surface area contributed by atoms with Gasteiger partial charge in [0.2, 0.25) is 0 Å². The van der Waals surface area contributed by atoms with E-state index in [0.717, 1.165) is 50.5 Å². The van der Waals surface area contributed by atoms with Gasteiger partial charge < -0.3 is 10.1 Å². The molecule has 1 aliphatic rings. The third kappa shape index (κ3) is 8.53. The number of ether oxygens (including phenoxy) is 1. The first-order valence-corrected chi connectivity index (χ1v) is 12.5. The number of nitrogens with one attached hydrogen (secondary N) is 1. The van der Waals surface area contributed by atoms with Crippen LogP contribution in [0.4, 0.5) is 5.69 Å². The van der Waals surface area contributed by atoms with E-state index in [2.05, 4.69) is 65.1 Å². The lowest BCUT2D eigenvalue weighted by molar-refractivity contribution is -0.131. The second-order valence-corrected chi connectivity index (χ2v) is 10.4. The lowest BCUT2D eigenvalue weighted by Gasteiger charge is -2.38. The summed E-state index contributed by atoms with van der Waals surface area (Å²) in [5.74, 6) is 0.437. The van der Waals surface area contributed by atoms with Crippen LogP contribution >= 0.6 is 0 Å². The Hall–Kier alpha value is -2.29. The first-order valence-electron chi connectivity index (χ1n) is 12.5. The number of carbonyl (C=O) groups is 1. The van der Waals surface area contributed by atoms with Crippen LogP contribution < -0.4 is 10.1 Å². The number of hydrogen-bond donors (Lipinski definition) is 1. The molecule has 1 N–H and O–H groups in total. The Morgan fingerprint density at radius 1 is 0.970 bits per heavy atom. The molecule has 0 aliphatic carbocycles. The van der Waals surface area contributed by atoms with E-state index < -0.39 is 0 Å². The summed E-state index contributed by atoms with van der Waals surface area (Å²) in [4.78, 5) is 11.4. The van der Waals surface area contributed by atoms with Gasteiger partial charge in [0, 0.05) is 18.2 Å². The van der Waals surface area contributed by atoms with Gasteiger partial charge in [0.15, 0.2) is 0 Å². The van der Waals surface area contributed by atoms with Crippen LogP contribution in [0.1, 0.15) is 103 Å². The summed E-state index contributed by atoms with van der Waals surface area (Å²) in [5.41, 5.74) is 9.20. The van der Waals surface area contributed by atoms with Crippen LogP contribution in [0.25, 0.3) is 0 Å². The summed E-state index contributed by atoms with van der Waals surface area (Å²) in [6, 6.07) is 2.05. The van der Waals surface area contributed by atoms with Gasteiger partial charge in [-0.1, -0.05) is 34.9 Å². The highest BCUT2D eigenvalue weighted by molar-refractivity contribution is 5.73. The maximum atomic E-state index is 11.4. The van der Waals surface area contributed by atoms with Crippen LogP contribution in [0, 0.1) is 13.8 Å². The Balaban J connectivity index is 1.89. The molecule has 0 spiro atoms. The number of carbonyl (C=O) groups excluding carboxylic acids is 1. The van der Waals surface area contributed by atoms with E-state index in [9.17, 15) is 4.79 Å². The Kier molecular flexibility index (Phi) is 10.0. The predicted molar refractivity (Wildman–Crippen MR) is 142 cm³/mol. The summed E-state index contributed by atoms with van der Waals surface area (Å²) >= 11 is 0. The number of benzene rings is 1. The van der Waals surface area contributed by atoms with Crippen molar-refractivity contribution in [3.8, 4) is 5.75 Å². The SMILES string of the molecule is CC(=O)Oc1cc2c(c(C)c1C)N[C@](C)(CC/C=C(\C)CC/C=C(\C)CCC=C(C)C)CC2. The molecule has 1 aromatic rings. The van der Waals surface area contributed by atoms with Crippen molar-refractivity contribution >= 4 is 11.7 Å². The van der Waals surface area contributed by atoms with Gasteiger partial charge in [-0.3, -0.25) is 4.79 Å².